The number of hydrogen-bond donors (Lipinski definition) is 1. The van der Waals surface area contributed by atoms with Crippen molar-refractivity contribution in [2.24, 2.45) is 5.92 Å². The van der Waals surface area contributed by atoms with Crippen LogP contribution in [0.2, 0.25) is 0 Å². The van der Waals surface area contributed by atoms with Gasteiger partial charge in [0.15, 0.2) is 0 Å². The highest BCUT2D eigenvalue weighted by Gasteiger charge is 2.13. The van der Waals surface area contributed by atoms with Crippen molar-refractivity contribution in [1.82, 2.24) is 5.32 Å². The summed E-state index contributed by atoms with van der Waals surface area (Å²) in [6, 6.07) is 8.81. The summed E-state index contributed by atoms with van der Waals surface area (Å²) in [5.74, 6) is 0.940. The van der Waals surface area contributed by atoms with E-state index in [2.05, 4.69) is 36.5 Å². The van der Waals surface area contributed by atoms with E-state index in [-0.39, 0.29) is 0 Å². The van der Waals surface area contributed by atoms with Crippen LogP contribution in [0.5, 0.6) is 0 Å². The van der Waals surface area contributed by atoms with Crippen LogP contribution in [-0.4, -0.2) is 6.54 Å². The zero-order chi connectivity index (χ0) is 10.5. The Morgan fingerprint density at radius 3 is 2.47 bits per heavy atom. The van der Waals surface area contributed by atoms with Crippen LogP contribution in [0, 0.1) is 12.8 Å². The molecular weight excluding hydrogens is 182 g/mol. The highest BCUT2D eigenvalue weighted by atomic mass is 14.9. The van der Waals surface area contributed by atoms with Crippen LogP contribution in [0.25, 0.3) is 0 Å². The molecule has 2 rings (SSSR count). The summed E-state index contributed by atoms with van der Waals surface area (Å²) in [6.07, 6.45) is 5.75. The first kappa shape index (κ1) is 10.7. The lowest BCUT2D eigenvalue weighted by molar-refractivity contribution is 0.489. The normalized spacial score (nSPS) is 17.1. The van der Waals surface area contributed by atoms with Gasteiger partial charge in [-0.05, 0) is 37.8 Å². The molecule has 82 valence electrons. The molecule has 1 aromatic rings. The van der Waals surface area contributed by atoms with E-state index in [0.717, 1.165) is 12.5 Å². The second-order valence-corrected chi connectivity index (χ2v) is 4.77. The Balaban J connectivity index is 1.71. The molecular formula is C14H21N. The van der Waals surface area contributed by atoms with Crippen molar-refractivity contribution < 1.29 is 0 Å². The van der Waals surface area contributed by atoms with E-state index < -0.39 is 0 Å². The van der Waals surface area contributed by atoms with E-state index in [1.807, 2.05) is 0 Å². The molecule has 0 saturated heterocycles. The van der Waals surface area contributed by atoms with Crippen molar-refractivity contribution in [2.45, 2.75) is 39.2 Å². The molecule has 1 heteroatoms. The predicted molar refractivity (Wildman–Crippen MR) is 64.8 cm³/mol. The van der Waals surface area contributed by atoms with Gasteiger partial charge >= 0.3 is 0 Å². The molecule has 1 aliphatic carbocycles. The van der Waals surface area contributed by atoms with Crippen molar-refractivity contribution >= 4 is 0 Å². The van der Waals surface area contributed by atoms with Gasteiger partial charge in [0, 0.05) is 6.54 Å². The second kappa shape index (κ2) is 5.32. The Morgan fingerprint density at radius 1 is 1.13 bits per heavy atom. The van der Waals surface area contributed by atoms with E-state index in [1.165, 1.54) is 43.4 Å². The van der Waals surface area contributed by atoms with Crippen LogP contribution in [0.4, 0.5) is 0 Å². The zero-order valence-electron chi connectivity index (χ0n) is 9.63. The van der Waals surface area contributed by atoms with E-state index in [4.69, 9.17) is 0 Å². The Kier molecular flexibility index (Phi) is 3.79. The molecule has 1 nitrogen and oxygen atoms in total. The molecule has 0 aromatic heterocycles. The van der Waals surface area contributed by atoms with Crippen LogP contribution >= 0.6 is 0 Å². The molecule has 0 amide bonds. The number of nitrogens with one attached hydrogen (secondary N) is 1. The first-order chi connectivity index (χ1) is 7.34. The molecule has 0 heterocycles. The Bertz CT molecular complexity index is 283. The number of aryl methyl sites for hydroxylation is 1. The van der Waals surface area contributed by atoms with E-state index in [0.29, 0.717) is 0 Å². The smallest absolute Gasteiger partial charge is 0.0205 e. The van der Waals surface area contributed by atoms with Gasteiger partial charge in [0.25, 0.3) is 0 Å². The summed E-state index contributed by atoms with van der Waals surface area (Å²) in [5, 5.41) is 3.56. The van der Waals surface area contributed by atoms with Crippen LogP contribution in [0.3, 0.4) is 0 Å². The molecule has 0 bridgehead atoms. The van der Waals surface area contributed by atoms with Crippen molar-refractivity contribution in [1.29, 1.82) is 0 Å². The van der Waals surface area contributed by atoms with Gasteiger partial charge in [-0.2, -0.15) is 0 Å². The van der Waals surface area contributed by atoms with Gasteiger partial charge in [-0.15, -0.1) is 0 Å². The largest absolute Gasteiger partial charge is 0.312 e. The monoisotopic (exact) mass is 203 g/mol. The SMILES string of the molecule is Cc1ccc(CNCC2CCCC2)cc1. The van der Waals surface area contributed by atoms with Crippen molar-refractivity contribution in [3.63, 3.8) is 0 Å². The van der Waals surface area contributed by atoms with Gasteiger partial charge in [0.05, 0.1) is 0 Å². The number of hydrogen-bond acceptors (Lipinski definition) is 1. The maximum absolute atomic E-state index is 3.56. The maximum Gasteiger partial charge on any atom is 0.0205 e. The van der Waals surface area contributed by atoms with Gasteiger partial charge in [-0.1, -0.05) is 42.7 Å². The maximum atomic E-state index is 3.56. The lowest BCUT2D eigenvalue weighted by atomic mass is 10.1. The molecule has 1 aromatic carbocycles. The fraction of sp³-hybridized carbons (Fsp3) is 0.571. The predicted octanol–water partition coefficient (Wildman–Crippen LogP) is 3.27. The third-order valence-electron chi connectivity index (χ3n) is 3.36. The highest BCUT2D eigenvalue weighted by molar-refractivity contribution is 5.21. The fourth-order valence-electron chi connectivity index (χ4n) is 2.34. The Hall–Kier alpha value is -0.820. The average molecular weight is 203 g/mol. The third kappa shape index (κ3) is 3.35. The van der Waals surface area contributed by atoms with Crippen LogP contribution in [0.1, 0.15) is 36.8 Å². The summed E-state index contributed by atoms with van der Waals surface area (Å²) in [7, 11) is 0. The summed E-state index contributed by atoms with van der Waals surface area (Å²) < 4.78 is 0. The first-order valence-corrected chi connectivity index (χ1v) is 6.11. The summed E-state index contributed by atoms with van der Waals surface area (Å²) >= 11 is 0. The van der Waals surface area contributed by atoms with Gasteiger partial charge in [-0.25, -0.2) is 0 Å². The van der Waals surface area contributed by atoms with Crippen LogP contribution in [0.15, 0.2) is 24.3 Å². The quantitative estimate of drug-likeness (QED) is 0.792. The van der Waals surface area contributed by atoms with E-state index >= 15 is 0 Å². The molecule has 0 aliphatic heterocycles. The fourth-order valence-corrected chi connectivity index (χ4v) is 2.34. The molecule has 0 atom stereocenters. The molecule has 1 fully saturated rings. The van der Waals surface area contributed by atoms with Crippen LogP contribution < -0.4 is 5.32 Å². The summed E-state index contributed by atoms with van der Waals surface area (Å²) in [4.78, 5) is 0. The summed E-state index contributed by atoms with van der Waals surface area (Å²) in [6.45, 7) is 4.36. The van der Waals surface area contributed by atoms with Gasteiger partial charge in [-0.3, -0.25) is 0 Å². The second-order valence-electron chi connectivity index (χ2n) is 4.77. The topological polar surface area (TPSA) is 12.0 Å². The van der Waals surface area contributed by atoms with Gasteiger partial charge in [0.2, 0.25) is 0 Å². The van der Waals surface area contributed by atoms with Crippen molar-refractivity contribution in [2.75, 3.05) is 6.54 Å². The molecule has 15 heavy (non-hydrogen) atoms. The molecule has 0 unspecified atom stereocenters. The van der Waals surface area contributed by atoms with Gasteiger partial charge in [0.1, 0.15) is 0 Å². The molecule has 1 N–H and O–H groups in total. The Labute approximate surface area is 92.9 Å². The van der Waals surface area contributed by atoms with Crippen molar-refractivity contribution in [3.05, 3.63) is 35.4 Å². The lowest BCUT2D eigenvalue weighted by Gasteiger charge is -2.10. The molecule has 0 radical (unpaired) electrons. The van der Waals surface area contributed by atoms with Gasteiger partial charge < -0.3 is 5.32 Å². The lowest BCUT2D eigenvalue weighted by Crippen LogP contribution is -2.20. The Morgan fingerprint density at radius 2 is 1.80 bits per heavy atom. The minimum Gasteiger partial charge on any atom is -0.312 e. The standard InChI is InChI=1S/C14H21N/c1-12-6-8-14(9-7-12)11-15-10-13-4-2-3-5-13/h6-9,13,15H,2-5,10-11H2,1H3. The number of rotatable bonds is 4. The first-order valence-electron chi connectivity index (χ1n) is 6.11. The average Bonchev–Trinajstić information content (AvgIpc) is 2.74. The number of benzene rings is 1. The zero-order valence-corrected chi connectivity index (χ0v) is 9.63. The third-order valence-corrected chi connectivity index (χ3v) is 3.36. The van der Waals surface area contributed by atoms with Crippen LogP contribution in [-0.2, 0) is 6.54 Å². The highest BCUT2D eigenvalue weighted by Crippen LogP contribution is 2.23. The molecule has 0 spiro atoms. The van der Waals surface area contributed by atoms with E-state index in [1.54, 1.807) is 0 Å². The minimum absolute atomic E-state index is 0.940. The van der Waals surface area contributed by atoms with E-state index in [9.17, 15) is 0 Å². The summed E-state index contributed by atoms with van der Waals surface area (Å²) in [5.41, 5.74) is 2.74. The van der Waals surface area contributed by atoms with Crippen molar-refractivity contribution in [3.8, 4) is 0 Å². The molecule has 1 aliphatic rings. The minimum atomic E-state index is 0.940. The molecule has 1 saturated carbocycles.